The lowest BCUT2D eigenvalue weighted by Crippen LogP contribution is -2.49. The molecule has 3 unspecified atom stereocenters. The van der Waals surface area contributed by atoms with Gasteiger partial charge in [-0.2, -0.15) is 0 Å². The van der Waals surface area contributed by atoms with Crippen molar-refractivity contribution in [1.82, 2.24) is 4.90 Å². The predicted octanol–water partition coefficient (Wildman–Crippen LogP) is 3.63. The number of hydrogen-bond donors (Lipinski definition) is 1. The molecule has 2 aliphatic rings. The number of carboxylic acids is 1. The predicted molar refractivity (Wildman–Crippen MR) is 81.7 cm³/mol. The average molecular weight is 281 g/mol. The minimum Gasteiger partial charge on any atom is -0.481 e. The first-order chi connectivity index (χ1) is 9.29. The highest BCUT2D eigenvalue weighted by Crippen LogP contribution is 2.42. The van der Waals surface area contributed by atoms with E-state index in [9.17, 15) is 9.90 Å². The zero-order chi connectivity index (χ0) is 14.9. The summed E-state index contributed by atoms with van der Waals surface area (Å²) < 4.78 is 0. The zero-order valence-corrected chi connectivity index (χ0v) is 13.6. The quantitative estimate of drug-likeness (QED) is 0.855. The van der Waals surface area contributed by atoms with Crippen LogP contribution in [0, 0.1) is 23.2 Å². The molecule has 2 rings (SSSR count). The van der Waals surface area contributed by atoms with Gasteiger partial charge in [0.2, 0.25) is 0 Å². The van der Waals surface area contributed by atoms with Gasteiger partial charge in [0.05, 0.1) is 5.92 Å². The van der Waals surface area contributed by atoms with Crippen LogP contribution in [-0.2, 0) is 4.79 Å². The molecule has 2 aliphatic carbocycles. The van der Waals surface area contributed by atoms with E-state index in [2.05, 4.69) is 32.7 Å². The summed E-state index contributed by atoms with van der Waals surface area (Å²) in [6.07, 6.45) is 6.97. The molecular weight excluding hydrogens is 250 g/mol. The monoisotopic (exact) mass is 281 g/mol. The summed E-state index contributed by atoms with van der Waals surface area (Å²) in [6.45, 7) is 7.97. The summed E-state index contributed by atoms with van der Waals surface area (Å²) >= 11 is 0. The third-order valence-corrected chi connectivity index (χ3v) is 5.70. The maximum absolute atomic E-state index is 11.6. The SMILES string of the molecule is CN(CC1CCC1)C1CC(C(C)(C)C)CCC1C(=O)O. The molecule has 20 heavy (non-hydrogen) atoms. The lowest BCUT2D eigenvalue weighted by molar-refractivity contribution is -0.146. The molecule has 0 saturated heterocycles. The van der Waals surface area contributed by atoms with Crippen molar-refractivity contribution in [2.24, 2.45) is 23.2 Å². The Kier molecular flexibility index (Phi) is 4.78. The van der Waals surface area contributed by atoms with Crippen LogP contribution in [0.25, 0.3) is 0 Å². The molecule has 116 valence electrons. The molecule has 0 radical (unpaired) electrons. The van der Waals surface area contributed by atoms with Gasteiger partial charge >= 0.3 is 5.97 Å². The third kappa shape index (κ3) is 3.55. The van der Waals surface area contributed by atoms with E-state index in [-0.39, 0.29) is 12.0 Å². The van der Waals surface area contributed by atoms with Crippen LogP contribution in [0.5, 0.6) is 0 Å². The highest BCUT2D eigenvalue weighted by atomic mass is 16.4. The molecule has 3 heteroatoms. The molecule has 0 amide bonds. The summed E-state index contributed by atoms with van der Waals surface area (Å²) in [5.74, 6) is 0.692. The van der Waals surface area contributed by atoms with Crippen LogP contribution in [0.3, 0.4) is 0 Å². The molecule has 3 nitrogen and oxygen atoms in total. The van der Waals surface area contributed by atoms with Gasteiger partial charge < -0.3 is 10.0 Å². The van der Waals surface area contributed by atoms with E-state index in [1.54, 1.807) is 0 Å². The Morgan fingerprint density at radius 3 is 2.30 bits per heavy atom. The van der Waals surface area contributed by atoms with Gasteiger partial charge in [-0.05, 0) is 56.4 Å². The maximum Gasteiger partial charge on any atom is 0.308 e. The number of carboxylic acid groups (broad SMARTS) is 1. The standard InChI is InChI=1S/C17H31NO2/c1-17(2,3)13-8-9-14(16(19)20)15(10-13)18(4)11-12-6-5-7-12/h12-15H,5-11H2,1-4H3,(H,19,20). The van der Waals surface area contributed by atoms with Crippen molar-refractivity contribution in [3.8, 4) is 0 Å². The smallest absolute Gasteiger partial charge is 0.308 e. The van der Waals surface area contributed by atoms with Crippen LogP contribution >= 0.6 is 0 Å². The topological polar surface area (TPSA) is 40.5 Å². The molecule has 0 aromatic rings. The third-order valence-electron chi connectivity index (χ3n) is 5.70. The van der Waals surface area contributed by atoms with E-state index in [4.69, 9.17) is 0 Å². The molecule has 1 N–H and O–H groups in total. The fourth-order valence-electron chi connectivity index (χ4n) is 3.93. The highest BCUT2D eigenvalue weighted by Gasteiger charge is 2.41. The molecule has 0 bridgehead atoms. The van der Waals surface area contributed by atoms with Crippen LogP contribution in [0.4, 0.5) is 0 Å². The fraction of sp³-hybridized carbons (Fsp3) is 0.941. The van der Waals surface area contributed by atoms with Crippen LogP contribution in [-0.4, -0.2) is 35.6 Å². The summed E-state index contributed by atoms with van der Waals surface area (Å²) in [5, 5.41) is 9.53. The average Bonchev–Trinajstić information content (AvgIpc) is 2.31. The normalized spacial score (nSPS) is 32.1. The van der Waals surface area contributed by atoms with Crippen LogP contribution in [0.1, 0.15) is 59.3 Å². The van der Waals surface area contributed by atoms with Crippen LogP contribution in [0.2, 0.25) is 0 Å². The molecular formula is C17H31NO2. The summed E-state index contributed by atoms with van der Waals surface area (Å²) in [5.41, 5.74) is 0.291. The van der Waals surface area contributed by atoms with Gasteiger partial charge in [0, 0.05) is 12.6 Å². The minimum absolute atomic E-state index is 0.168. The van der Waals surface area contributed by atoms with Gasteiger partial charge in [0.15, 0.2) is 0 Å². The van der Waals surface area contributed by atoms with Crippen molar-refractivity contribution >= 4 is 5.97 Å². The fourth-order valence-corrected chi connectivity index (χ4v) is 3.93. The van der Waals surface area contributed by atoms with Crippen LogP contribution in [0.15, 0.2) is 0 Å². The van der Waals surface area contributed by atoms with E-state index >= 15 is 0 Å². The Hall–Kier alpha value is -0.570. The lowest BCUT2D eigenvalue weighted by Gasteiger charge is -2.45. The lowest BCUT2D eigenvalue weighted by atomic mass is 9.67. The van der Waals surface area contributed by atoms with Gasteiger partial charge in [-0.1, -0.05) is 27.2 Å². The minimum atomic E-state index is -0.595. The van der Waals surface area contributed by atoms with E-state index in [0.29, 0.717) is 11.3 Å². The Balaban J connectivity index is 2.03. The van der Waals surface area contributed by atoms with Crippen molar-refractivity contribution in [2.75, 3.05) is 13.6 Å². The number of hydrogen-bond acceptors (Lipinski definition) is 2. The summed E-state index contributed by atoms with van der Waals surface area (Å²) in [6, 6.07) is 0.228. The Morgan fingerprint density at radius 2 is 1.85 bits per heavy atom. The molecule has 0 aliphatic heterocycles. The molecule has 0 spiro atoms. The molecule has 3 atom stereocenters. The highest BCUT2D eigenvalue weighted by molar-refractivity contribution is 5.71. The maximum atomic E-state index is 11.6. The number of aliphatic carboxylic acids is 1. The van der Waals surface area contributed by atoms with E-state index < -0.39 is 5.97 Å². The first-order valence-electron chi connectivity index (χ1n) is 8.22. The Morgan fingerprint density at radius 1 is 1.20 bits per heavy atom. The van der Waals surface area contributed by atoms with Crippen LogP contribution < -0.4 is 0 Å². The number of rotatable bonds is 4. The van der Waals surface area contributed by atoms with E-state index in [1.807, 2.05) is 0 Å². The largest absolute Gasteiger partial charge is 0.481 e. The summed E-state index contributed by atoms with van der Waals surface area (Å²) in [4.78, 5) is 13.9. The van der Waals surface area contributed by atoms with E-state index in [1.165, 1.54) is 19.3 Å². The second-order valence-electron chi connectivity index (χ2n) is 8.12. The van der Waals surface area contributed by atoms with Gasteiger partial charge in [0.25, 0.3) is 0 Å². The second kappa shape index (κ2) is 6.05. The van der Waals surface area contributed by atoms with Gasteiger partial charge in [0.1, 0.15) is 0 Å². The van der Waals surface area contributed by atoms with Gasteiger partial charge in [-0.3, -0.25) is 4.79 Å². The first-order valence-corrected chi connectivity index (χ1v) is 8.22. The molecule has 2 fully saturated rings. The van der Waals surface area contributed by atoms with Crippen molar-refractivity contribution < 1.29 is 9.90 Å². The molecule has 0 aromatic carbocycles. The molecule has 2 saturated carbocycles. The van der Waals surface area contributed by atoms with Gasteiger partial charge in [-0.25, -0.2) is 0 Å². The summed E-state index contributed by atoms with van der Waals surface area (Å²) in [7, 11) is 2.14. The van der Waals surface area contributed by atoms with Crippen molar-refractivity contribution in [1.29, 1.82) is 0 Å². The molecule has 0 aromatic heterocycles. The first kappa shape index (κ1) is 15.8. The van der Waals surface area contributed by atoms with E-state index in [0.717, 1.165) is 31.7 Å². The Bertz CT molecular complexity index is 343. The number of nitrogens with zero attached hydrogens (tertiary/aromatic N) is 1. The van der Waals surface area contributed by atoms with Crippen molar-refractivity contribution in [3.63, 3.8) is 0 Å². The zero-order valence-electron chi connectivity index (χ0n) is 13.6. The number of carbonyl (C=O) groups is 1. The Labute approximate surface area is 123 Å². The van der Waals surface area contributed by atoms with Crippen molar-refractivity contribution in [3.05, 3.63) is 0 Å². The molecule has 0 heterocycles. The van der Waals surface area contributed by atoms with Gasteiger partial charge in [-0.15, -0.1) is 0 Å². The second-order valence-corrected chi connectivity index (χ2v) is 8.12. The van der Waals surface area contributed by atoms with Crippen molar-refractivity contribution in [2.45, 2.75) is 65.3 Å².